The number of thiocarbonyl (C=S) groups is 1. The molecular weight excluding hydrogens is 248 g/mol. The molecule has 1 amide bonds. The summed E-state index contributed by atoms with van der Waals surface area (Å²) in [6.45, 7) is 1.53. The second-order valence-electron chi connectivity index (χ2n) is 3.17. The summed E-state index contributed by atoms with van der Waals surface area (Å²) < 4.78 is 5.32. The highest BCUT2D eigenvalue weighted by molar-refractivity contribution is 7.80. The third kappa shape index (κ3) is 3.08. The van der Waals surface area contributed by atoms with E-state index in [9.17, 15) is 4.79 Å². The molecule has 1 aromatic rings. The summed E-state index contributed by atoms with van der Waals surface area (Å²) >= 11 is 10.7. The Morgan fingerprint density at radius 3 is 2.62 bits per heavy atom. The molecule has 0 aliphatic rings. The van der Waals surface area contributed by atoms with Crippen LogP contribution in [0.2, 0.25) is 5.02 Å². The molecule has 0 bridgehead atoms. The summed E-state index contributed by atoms with van der Waals surface area (Å²) in [5.41, 5.74) is 11.1. The quantitative estimate of drug-likeness (QED) is 0.796. The lowest BCUT2D eigenvalue weighted by molar-refractivity contribution is -0.123. The molecule has 16 heavy (non-hydrogen) atoms. The number of carbonyl (C=O) groups excluding carboxylic acids is 1. The van der Waals surface area contributed by atoms with Gasteiger partial charge in [0.2, 0.25) is 0 Å². The number of amides is 1. The van der Waals surface area contributed by atoms with E-state index in [2.05, 4.69) is 0 Å². The van der Waals surface area contributed by atoms with Crippen LogP contribution in [0.15, 0.2) is 18.2 Å². The molecule has 0 radical (unpaired) electrons. The number of nitrogens with two attached hydrogens (primary N) is 2. The predicted molar refractivity (Wildman–Crippen MR) is 66.6 cm³/mol. The van der Waals surface area contributed by atoms with Crippen LogP contribution >= 0.6 is 23.8 Å². The van der Waals surface area contributed by atoms with Crippen LogP contribution in [0.25, 0.3) is 0 Å². The van der Waals surface area contributed by atoms with Crippen LogP contribution in [0.1, 0.15) is 12.5 Å². The lowest BCUT2D eigenvalue weighted by Crippen LogP contribution is -2.31. The van der Waals surface area contributed by atoms with E-state index in [1.54, 1.807) is 12.1 Å². The first-order valence-electron chi connectivity index (χ1n) is 4.47. The molecule has 1 atom stereocenters. The van der Waals surface area contributed by atoms with Crippen LogP contribution < -0.4 is 16.2 Å². The van der Waals surface area contributed by atoms with Gasteiger partial charge in [-0.25, -0.2) is 0 Å². The van der Waals surface area contributed by atoms with E-state index in [0.717, 1.165) is 0 Å². The minimum absolute atomic E-state index is 0.170. The van der Waals surface area contributed by atoms with Gasteiger partial charge in [-0.3, -0.25) is 4.79 Å². The third-order valence-electron chi connectivity index (χ3n) is 1.91. The SMILES string of the molecule is CC(Oc1cc(Cl)ccc1C(N)=S)C(N)=O. The minimum Gasteiger partial charge on any atom is -0.480 e. The maximum atomic E-state index is 10.9. The van der Waals surface area contributed by atoms with Crippen molar-refractivity contribution in [1.29, 1.82) is 0 Å². The summed E-state index contributed by atoms with van der Waals surface area (Å²) in [6.07, 6.45) is -0.772. The van der Waals surface area contributed by atoms with Gasteiger partial charge < -0.3 is 16.2 Å². The number of primary amides is 1. The van der Waals surface area contributed by atoms with Crippen molar-refractivity contribution in [2.24, 2.45) is 11.5 Å². The normalized spacial score (nSPS) is 11.9. The van der Waals surface area contributed by atoms with Gasteiger partial charge in [0.05, 0.1) is 5.56 Å². The lowest BCUT2D eigenvalue weighted by Gasteiger charge is -2.14. The standard InChI is InChI=1S/C10H11ClN2O2S/c1-5(9(12)14)15-8-4-6(11)2-3-7(8)10(13)16/h2-5H,1H3,(H2,12,14)(H2,13,16). The number of carbonyl (C=O) groups is 1. The Morgan fingerprint density at radius 2 is 2.12 bits per heavy atom. The first kappa shape index (κ1) is 12.7. The maximum absolute atomic E-state index is 10.9. The van der Waals surface area contributed by atoms with Crippen molar-refractivity contribution in [2.45, 2.75) is 13.0 Å². The average molecular weight is 259 g/mol. The Morgan fingerprint density at radius 1 is 1.50 bits per heavy atom. The van der Waals surface area contributed by atoms with Crippen LogP contribution in [0.3, 0.4) is 0 Å². The van der Waals surface area contributed by atoms with Gasteiger partial charge in [0.1, 0.15) is 10.7 Å². The third-order valence-corrected chi connectivity index (χ3v) is 2.37. The highest BCUT2D eigenvalue weighted by Crippen LogP contribution is 2.24. The topological polar surface area (TPSA) is 78.3 Å². The fourth-order valence-corrected chi connectivity index (χ4v) is 1.38. The molecule has 1 aromatic carbocycles. The van der Waals surface area contributed by atoms with Gasteiger partial charge in [0.15, 0.2) is 6.10 Å². The molecule has 1 unspecified atom stereocenters. The molecule has 0 spiro atoms. The van der Waals surface area contributed by atoms with Crippen LogP contribution in [-0.2, 0) is 4.79 Å². The molecule has 4 nitrogen and oxygen atoms in total. The monoisotopic (exact) mass is 258 g/mol. The lowest BCUT2D eigenvalue weighted by atomic mass is 10.2. The predicted octanol–water partition coefficient (Wildman–Crippen LogP) is 1.23. The van der Waals surface area contributed by atoms with Crippen molar-refractivity contribution in [3.63, 3.8) is 0 Å². The second-order valence-corrected chi connectivity index (χ2v) is 4.04. The van der Waals surface area contributed by atoms with Crippen molar-refractivity contribution >= 4 is 34.7 Å². The minimum atomic E-state index is -0.772. The maximum Gasteiger partial charge on any atom is 0.258 e. The van der Waals surface area contributed by atoms with Crippen LogP contribution in [0.5, 0.6) is 5.75 Å². The van der Waals surface area contributed by atoms with E-state index in [4.69, 9.17) is 40.0 Å². The van der Waals surface area contributed by atoms with Crippen molar-refractivity contribution in [1.82, 2.24) is 0 Å². The largest absolute Gasteiger partial charge is 0.480 e. The highest BCUT2D eigenvalue weighted by atomic mass is 35.5. The molecule has 6 heteroatoms. The van der Waals surface area contributed by atoms with Crippen molar-refractivity contribution in [2.75, 3.05) is 0 Å². The van der Waals surface area contributed by atoms with E-state index in [1.165, 1.54) is 13.0 Å². The Bertz CT molecular complexity index is 437. The zero-order valence-corrected chi connectivity index (χ0v) is 10.1. The molecular formula is C10H11ClN2O2S. The van der Waals surface area contributed by atoms with E-state index in [0.29, 0.717) is 16.3 Å². The second kappa shape index (κ2) is 5.14. The summed E-state index contributed by atoms with van der Waals surface area (Å²) in [4.78, 5) is 11.0. The average Bonchev–Trinajstić information content (AvgIpc) is 2.16. The van der Waals surface area contributed by atoms with Crippen molar-refractivity contribution in [3.8, 4) is 5.75 Å². The van der Waals surface area contributed by atoms with Crippen molar-refractivity contribution in [3.05, 3.63) is 28.8 Å². The smallest absolute Gasteiger partial charge is 0.258 e. The molecule has 86 valence electrons. The summed E-state index contributed by atoms with van der Waals surface area (Å²) in [5.74, 6) is -0.222. The molecule has 0 aliphatic heterocycles. The number of hydrogen-bond acceptors (Lipinski definition) is 3. The van der Waals surface area contributed by atoms with Crippen molar-refractivity contribution < 1.29 is 9.53 Å². The van der Waals surface area contributed by atoms with E-state index >= 15 is 0 Å². The summed E-state index contributed by atoms with van der Waals surface area (Å²) in [5, 5.41) is 0.465. The number of halogens is 1. The van der Waals surface area contributed by atoms with E-state index in [1.807, 2.05) is 0 Å². The summed E-state index contributed by atoms with van der Waals surface area (Å²) in [7, 11) is 0. The molecule has 0 aliphatic carbocycles. The highest BCUT2D eigenvalue weighted by Gasteiger charge is 2.14. The van der Waals surface area contributed by atoms with Crippen LogP contribution in [-0.4, -0.2) is 17.0 Å². The van der Waals surface area contributed by atoms with E-state index in [-0.39, 0.29) is 4.99 Å². The molecule has 4 N–H and O–H groups in total. The van der Waals surface area contributed by atoms with Crippen LogP contribution in [0.4, 0.5) is 0 Å². The first-order chi connectivity index (χ1) is 7.41. The molecule has 0 fully saturated rings. The van der Waals surface area contributed by atoms with Gasteiger partial charge in [0.25, 0.3) is 5.91 Å². The van der Waals surface area contributed by atoms with Gasteiger partial charge in [-0.15, -0.1) is 0 Å². The number of benzene rings is 1. The molecule has 0 heterocycles. The van der Waals surface area contributed by atoms with Gasteiger partial charge >= 0.3 is 0 Å². The molecule has 1 rings (SSSR count). The fourth-order valence-electron chi connectivity index (χ4n) is 1.05. The zero-order chi connectivity index (χ0) is 12.3. The van der Waals surface area contributed by atoms with Gasteiger partial charge in [-0.2, -0.15) is 0 Å². The Hall–Kier alpha value is -1.33. The Labute approximate surface area is 104 Å². The number of rotatable bonds is 4. The summed E-state index contributed by atoms with van der Waals surface area (Å²) in [6, 6.07) is 4.81. The van der Waals surface area contributed by atoms with Crippen LogP contribution in [0, 0.1) is 0 Å². The number of hydrogen-bond donors (Lipinski definition) is 2. The van der Waals surface area contributed by atoms with E-state index < -0.39 is 12.0 Å². The number of ether oxygens (including phenoxy) is 1. The van der Waals surface area contributed by atoms with Gasteiger partial charge in [0, 0.05) is 5.02 Å². The fraction of sp³-hybridized carbons (Fsp3) is 0.200. The molecule has 0 saturated carbocycles. The zero-order valence-electron chi connectivity index (χ0n) is 8.57. The van der Waals surface area contributed by atoms with Gasteiger partial charge in [-0.1, -0.05) is 23.8 Å². The Kier molecular flexibility index (Phi) is 4.09. The Balaban J connectivity index is 3.05. The molecule has 0 saturated heterocycles. The van der Waals surface area contributed by atoms with Gasteiger partial charge in [-0.05, 0) is 25.1 Å². The first-order valence-corrected chi connectivity index (χ1v) is 5.25. The molecule has 0 aromatic heterocycles.